The number of nitrogens with one attached hydrogen (secondary N) is 3. The van der Waals surface area contributed by atoms with Gasteiger partial charge < -0.3 is 25.1 Å². The normalized spacial score (nSPS) is 11.5. The minimum atomic E-state index is -0.502. The van der Waals surface area contributed by atoms with Crippen LogP contribution in [0.5, 0.6) is 0 Å². The number of aliphatic imine (C=N–C) groups is 1. The average molecular weight is 520 g/mol. The Bertz CT molecular complexity index is 697. The molecule has 2 heterocycles. The second-order valence-corrected chi connectivity index (χ2v) is 7.89. The highest BCUT2D eigenvalue weighted by atomic mass is 127. The number of amides is 1. The van der Waals surface area contributed by atoms with Crippen LogP contribution in [0.25, 0.3) is 0 Å². The first-order valence-electron chi connectivity index (χ1n) is 8.96. The first-order valence-corrected chi connectivity index (χ1v) is 9.84. The van der Waals surface area contributed by atoms with Crippen LogP contribution in [0.2, 0.25) is 0 Å². The van der Waals surface area contributed by atoms with Gasteiger partial charge in [-0.1, -0.05) is 6.07 Å². The van der Waals surface area contributed by atoms with Crippen LogP contribution in [-0.4, -0.2) is 37.3 Å². The van der Waals surface area contributed by atoms with Gasteiger partial charge in [0.15, 0.2) is 5.96 Å². The molecule has 0 aliphatic heterocycles. The molecule has 0 fully saturated rings. The molecule has 0 radical (unpaired) electrons. The molecule has 1 amide bonds. The molecular weight excluding hydrogens is 491 g/mol. The Morgan fingerprint density at radius 1 is 1.14 bits per heavy atom. The summed E-state index contributed by atoms with van der Waals surface area (Å²) in [5.74, 6) is 1.62. The van der Waals surface area contributed by atoms with E-state index in [0.717, 1.165) is 12.2 Å². The lowest BCUT2D eigenvalue weighted by Gasteiger charge is -2.20. The van der Waals surface area contributed by atoms with E-state index in [2.05, 4.69) is 27.0 Å². The van der Waals surface area contributed by atoms with Crippen LogP contribution >= 0.6 is 35.3 Å². The molecule has 156 valence electrons. The first-order chi connectivity index (χ1) is 12.9. The fraction of sp³-hybridized carbons (Fsp3) is 0.474. The smallest absolute Gasteiger partial charge is 0.407 e. The molecule has 9 heteroatoms. The number of hydrogen-bond donors (Lipinski definition) is 3. The third kappa shape index (κ3) is 10.5. The Hall–Kier alpha value is -1.75. The molecule has 0 saturated heterocycles. The number of thiophene rings is 1. The molecule has 2 rings (SSSR count). The van der Waals surface area contributed by atoms with Gasteiger partial charge in [0.2, 0.25) is 0 Å². The predicted octanol–water partition coefficient (Wildman–Crippen LogP) is 3.76. The number of hydrogen-bond acceptors (Lipinski definition) is 5. The molecule has 2 aromatic rings. The Morgan fingerprint density at radius 2 is 1.89 bits per heavy atom. The quantitative estimate of drug-likeness (QED) is 0.214. The number of halogens is 1. The molecule has 0 aromatic carbocycles. The molecule has 2 aromatic heterocycles. The van der Waals surface area contributed by atoms with Crippen molar-refractivity contribution in [1.29, 1.82) is 0 Å². The third-order valence-electron chi connectivity index (χ3n) is 3.30. The lowest BCUT2D eigenvalue weighted by atomic mass is 10.2. The SMILES string of the molecule is CC(C)(C)OC(=O)NCCNC(=NCc1cccs1)NCCc1ccco1.I. The van der Waals surface area contributed by atoms with Crippen molar-refractivity contribution in [1.82, 2.24) is 16.0 Å². The van der Waals surface area contributed by atoms with Crippen LogP contribution in [-0.2, 0) is 17.7 Å². The molecular formula is C19H29IN4O3S. The van der Waals surface area contributed by atoms with Crippen LogP contribution in [0.4, 0.5) is 4.79 Å². The molecule has 0 saturated carbocycles. The highest BCUT2D eigenvalue weighted by Gasteiger charge is 2.15. The van der Waals surface area contributed by atoms with Gasteiger partial charge in [-0.2, -0.15) is 0 Å². The van der Waals surface area contributed by atoms with E-state index in [1.165, 1.54) is 4.88 Å². The Balaban J connectivity index is 0.00000392. The lowest BCUT2D eigenvalue weighted by molar-refractivity contribution is 0.0529. The third-order valence-corrected chi connectivity index (χ3v) is 4.16. The number of furan rings is 1. The lowest BCUT2D eigenvalue weighted by Crippen LogP contribution is -2.43. The van der Waals surface area contributed by atoms with E-state index in [1.54, 1.807) is 17.6 Å². The van der Waals surface area contributed by atoms with E-state index in [1.807, 2.05) is 44.4 Å². The summed E-state index contributed by atoms with van der Waals surface area (Å²) < 4.78 is 10.6. The van der Waals surface area contributed by atoms with Crippen molar-refractivity contribution in [3.05, 3.63) is 46.5 Å². The number of nitrogens with zero attached hydrogens (tertiary/aromatic N) is 1. The zero-order chi connectivity index (χ0) is 19.5. The average Bonchev–Trinajstić information content (AvgIpc) is 3.27. The largest absolute Gasteiger partial charge is 0.469 e. The molecule has 28 heavy (non-hydrogen) atoms. The summed E-state index contributed by atoms with van der Waals surface area (Å²) in [4.78, 5) is 17.5. The second-order valence-electron chi connectivity index (χ2n) is 6.86. The van der Waals surface area contributed by atoms with E-state index in [0.29, 0.717) is 32.1 Å². The van der Waals surface area contributed by atoms with E-state index in [4.69, 9.17) is 9.15 Å². The summed E-state index contributed by atoms with van der Waals surface area (Å²) in [7, 11) is 0. The van der Waals surface area contributed by atoms with Crippen LogP contribution in [0, 0.1) is 0 Å². The summed E-state index contributed by atoms with van der Waals surface area (Å²) in [6, 6.07) is 7.89. The Labute approximate surface area is 187 Å². The van der Waals surface area contributed by atoms with Crippen molar-refractivity contribution >= 4 is 47.4 Å². The van der Waals surface area contributed by atoms with E-state index in [-0.39, 0.29) is 24.0 Å². The maximum absolute atomic E-state index is 11.7. The van der Waals surface area contributed by atoms with Gasteiger partial charge in [-0.15, -0.1) is 35.3 Å². The van der Waals surface area contributed by atoms with Gasteiger partial charge in [0.05, 0.1) is 12.8 Å². The van der Waals surface area contributed by atoms with E-state index in [9.17, 15) is 4.79 Å². The van der Waals surface area contributed by atoms with Crippen molar-refractivity contribution in [3.8, 4) is 0 Å². The van der Waals surface area contributed by atoms with E-state index < -0.39 is 11.7 Å². The summed E-state index contributed by atoms with van der Waals surface area (Å²) in [5, 5.41) is 11.3. The molecule has 0 aliphatic rings. The molecule has 0 atom stereocenters. The van der Waals surface area contributed by atoms with Gasteiger partial charge in [0.1, 0.15) is 11.4 Å². The zero-order valence-corrected chi connectivity index (χ0v) is 19.6. The Kier molecular flexibility index (Phi) is 11.0. The van der Waals surface area contributed by atoms with Crippen molar-refractivity contribution in [2.75, 3.05) is 19.6 Å². The highest BCUT2D eigenvalue weighted by Crippen LogP contribution is 2.09. The van der Waals surface area contributed by atoms with Crippen molar-refractivity contribution in [2.45, 2.75) is 39.3 Å². The maximum Gasteiger partial charge on any atom is 0.407 e. The number of guanidine groups is 1. The van der Waals surface area contributed by atoms with Gasteiger partial charge >= 0.3 is 6.09 Å². The fourth-order valence-electron chi connectivity index (χ4n) is 2.15. The molecule has 0 spiro atoms. The number of carbonyl (C=O) groups excluding carboxylic acids is 1. The van der Waals surface area contributed by atoms with Gasteiger partial charge in [-0.3, -0.25) is 0 Å². The summed E-state index contributed by atoms with van der Waals surface area (Å²) in [5.41, 5.74) is -0.502. The monoisotopic (exact) mass is 520 g/mol. The van der Waals surface area contributed by atoms with E-state index >= 15 is 0 Å². The minimum Gasteiger partial charge on any atom is -0.469 e. The minimum absolute atomic E-state index is 0. The topological polar surface area (TPSA) is 87.9 Å². The maximum atomic E-state index is 11.7. The zero-order valence-electron chi connectivity index (χ0n) is 16.5. The number of ether oxygens (including phenoxy) is 1. The van der Waals surface area contributed by atoms with Crippen LogP contribution < -0.4 is 16.0 Å². The van der Waals surface area contributed by atoms with Gasteiger partial charge in [-0.25, -0.2) is 9.79 Å². The predicted molar refractivity (Wildman–Crippen MR) is 124 cm³/mol. The van der Waals surface area contributed by atoms with Gasteiger partial charge in [-0.05, 0) is 44.4 Å². The van der Waals surface area contributed by atoms with Crippen LogP contribution in [0.1, 0.15) is 31.4 Å². The van der Waals surface area contributed by atoms with Gasteiger partial charge in [0, 0.05) is 30.9 Å². The number of carbonyl (C=O) groups is 1. The van der Waals surface area contributed by atoms with Gasteiger partial charge in [0.25, 0.3) is 0 Å². The number of alkyl carbamates (subject to hydrolysis) is 1. The molecule has 0 bridgehead atoms. The van der Waals surface area contributed by atoms with Crippen molar-refractivity contribution < 1.29 is 13.9 Å². The van der Waals surface area contributed by atoms with Crippen LogP contribution in [0.15, 0.2) is 45.3 Å². The molecule has 3 N–H and O–H groups in total. The standard InChI is InChI=1S/C19H28N4O3S.HI/c1-19(2,3)26-18(24)22-11-10-21-17(23-14-16-7-5-13-27-16)20-9-8-15-6-4-12-25-15;/h4-7,12-13H,8-11,14H2,1-3H3,(H,22,24)(H2,20,21,23);1H. The summed E-state index contributed by atoms with van der Waals surface area (Å²) >= 11 is 1.67. The molecule has 7 nitrogen and oxygen atoms in total. The first kappa shape index (κ1) is 24.3. The highest BCUT2D eigenvalue weighted by molar-refractivity contribution is 14.0. The Morgan fingerprint density at radius 3 is 2.54 bits per heavy atom. The van der Waals surface area contributed by atoms with Crippen LogP contribution in [0.3, 0.4) is 0 Å². The van der Waals surface area contributed by atoms with Crippen molar-refractivity contribution in [2.24, 2.45) is 4.99 Å². The summed E-state index contributed by atoms with van der Waals surface area (Å²) in [6.45, 7) is 7.79. The van der Waals surface area contributed by atoms with Crippen molar-refractivity contribution in [3.63, 3.8) is 0 Å². The molecule has 0 aliphatic carbocycles. The fourth-order valence-corrected chi connectivity index (χ4v) is 2.78. The number of rotatable bonds is 8. The summed E-state index contributed by atoms with van der Waals surface area (Å²) in [6.07, 6.45) is 2.01. The molecule has 0 unspecified atom stereocenters. The second kappa shape index (κ2) is 12.7.